The number of amides is 4. The van der Waals surface area contributed by atoms with Crippen molar-refractivity contribution >= 4 is 46.4 Å². The van der Waals surface area contributed by atoms with Gasteiger partial charge in [0.05, 0.1) is 49.8 Å². The number of nitrogen functional groups attached to an aromatic ring is 1. The SMILES string of the molecule is CN/C(=C\C(=N)C(=N)c1cc(OC2(C)CC2)ccc1N)N1CCN(C(=O)CCOCCOCCNc2cccc3c2C(=O)N(C2CCC(=O)NC2=O)C3)CC1. The molecule has 7 N–H and O–H groups in total. The van der Waals surface area contributed by atoms with Crippen LogP contribution in [0.5, 0.6) is 5.75 Å². The molecule has 4 aliphatic rings. The van der Waals surface area contributed by atoms with Crippen LogP contribution in [0.15, 0.2) is 48.3 Å². The van der Waals surface area contributed by atoms with E-state index in [1.807, 2.05) is 30.0 Å². The van der Waals surface area contributed by atoms with Gasteiger partial charge < -0.3 is 45.3 Å². The molecule has 2 aromatic carbocycles. The standard InChI is InChI=1S/C39H51N9O7/c1-39(11-12-39)55-26-6-7-28(40)27(22-26)36(42)29(41)23-32(43-2)46-14-16-47(17-15-46)34(50)10-18-53-20-21-54-19-13-44-30-5-3-4-25-24-48(38(52)35(25)30)31-8-9-33(49)45-37(31)51/h3-7,22-23,31,41-44H,8-21,24,40H2,1-2H3,(H,45,49,51)/b32-23+,41-29?,42-36?. The van der Waals surface area contributed by atoms with E-state index in [9.17, 15) is 19.2 Å². The minimum absolute atomic E-state index is 0.00174. The third kappa shape index (κ3) is 9.61. The zero-order chi connectivity index (χ0) is 39.1. The summed E-state index contributed by atoms with van der Waals surface area (Å²) in [5.41, 5.74) is 8.92. The van der Waals surface area contributed by atoms with Gasteiger partial charge in [0.2, 0.25) is 17.7 Å². The Bertz CT molecular complexity index is 1850. The number of hydrogen-bond donors (Lipinski definition) is 6. The summed E-state index contributed by atoms with van der Waals surface area (Å²) in [5.74, 6) is 0.353. The van der Waals surface area contributed by atoms with Gasteiger partial charge in [-0.1, -0.05) is 12.1 Å². The molecule has 2 saturated heterocycles. The molecule has 3 fully saturated rings. The first-order valence-electron chi connectivity index (χ1n) is 18.8. The fourth-order valence-corrected chi connectivity index (χ4v) is 6.91. The van der Waals surface area contributed by atoms with Crippen molar-refractivity contribution in [2.75, 3.05) is 77.2 Å². The molecule has 2 aromatic rings. The number of nitrogens with two attached hydrogens (primary N) is 1. The van der Waals surface area contributed by atoms with E-state index in [0.29, 0.717) is 99.6 Å². The monoisotopic (exact) mass is 757 g/mol. The lowest BCUT2D eigenvalue weighted by Crippen LogP contribution is -2.52. The van der Waals surface area contributed by atoms with E-state index < -0.39 is 11.9 Å². The van der Waals surface area contributed by atoms with Gasteiger partial charge in [-0.25, -0.2) is 0 Å². The summed E-state index contributed by atoms with van der Waals surface area (Å²) in [7, 11) is 1.77. The first kappa shape index (κ1) is 39.2. The van der Waals surface area contributed by atoms with E-state index in [0.717, 1.165) is 18.4 Å². The molecular formula is C39H51N9O7. The highest BCUT2D eigenvalue weighted by Crippen LogP contribution is 2.40. The number of nitrogens with one attached hydrogen (secondary N) is 5. The molecule has 1 atom stereocenters. The fourth-order valence-electron chi connectivity index (χ4n) is 6.91. The Morgan fingerprint density at radius 1 is 1.02 bits per heavy atom. The topological polar surface area (TPSA) is 216 Å². The minimum atomic E-state index is -0.661. The van der Waals surface area contributed by atoms with E-state index in [-0.39, 0.29) is 54.2 Å². The van der Waals surface area contributed by atoms with Crippen molar-refractivity contribution in [3.63, 3.8) is 0 Å². The largest absolute Gasteiger partial charge is 0.488 e. The number of benzene rings is 2. The normalized spacial score (nSPS) is 19.2. The molecule has 1 unspecified atom stereocenters. The highest BCUT2D eigenvalue weighted by atomic mass is 16.5. The maximum absolute atomic E-state index is 13.2. The van der Waals surface area contributed by atoms with Crippen LogP contribution in [0.2, 0.25) is 0 Å². The molecule has 294 valence electrons. The van der Waals surface area contributed by atoms with E-state index in [2.05, 4.69) is 20.9 Å². The number of nitrogens with zero attached hydrogens (tertiary/aromatic N) is 3. The van der Waals surface area contributed by atoms with Crippen LogP contribution in [-0.4, -0.2) is 128 Å². The van der Waals surface area contributed by atoms with Crippen LogP contribution in [0.4, 0.5) is 11.4 Å². The lowest BCUT2D eigenvalue weighted by Gasteiger charge is -2.37. The fraction of sp³-hybridized carbons (Fsp3) is 0.487. The Kier molecular flexibility index (Phi) is 12.4. The highest BCUT2D eigenvalue weighted by molar-refractivity contribution is 6.50. The van der Waals surface area contributed by atoms with Crippen molar-refractivity contribution in [1.29, 1.82) is 10.8 Å². The number of rotatable bonds is 18. The molecule has 1 saturated carbocycles. The van der Waals surface area contributed by atoms with Gasteiger partial charge in [-0.3, -0.25) is 35.3 Å². The molecule has 16 heteroatoms. The Morgan fingerprint density at radius 2 is 1.75 bits per heavy atom. The van der Waals surface area contributed by atoms with Gasteiger partial charge in [0.25, 0.3) is 5.91 Å². The van der Waals surface area contributed by atoms with Gasteiger partial charge in [-0.15, -0.1) is 0 Å². The maximum Gasteiger partial charge on any atom is 0.257 e. The summed E-state index contributed by atoms with van der Waals surface area (Å²) in [6.07, 6.45) is 4.37. The smallest absolute Gasteiger partial charge is 0.257 e. The number of hydrogen-bond acceptors (Lipinski definition) is 13. The van der Waals surface area contributed by atoms with Crippen LogP contribution >= 0.6 is 0 Å². The second-order valence-corrected chi connectivity index (χ2v) is 14.4. The zero-order valence-corrected chi connectivity index (χ0v) is 31.5. The summed E-state index contributed by atoms with van der Waals surface area (Å²) in [6, 6.07) is 10.1. The van der Waals surface area contributed by atoms with Gasteiger partial charge in [0.1, 0.15) is 23.2 Å². The Labute approximate surface area is 320 Å². The van der Waals surface area contributed by atoms with Crippen LogP contribution < -0.4 is 26.4 Å². The second-order valence-electron chi connectivity index (χ2n) is 14.4. The maximum atomic E-state index is 13.2. The van der Waals surface area contributed by atoms with Crippen molar-refractivity contribution in [1.82, 2.24) is 25.3 Å². The van der Waals surface area contributed by atoms with Crippen molar-refractivity contribution in [3.05, 3.63) is 65.0 Å². The summed E-state index contributed by atoms with van der Waals surface area (Å²) < 4.78 is 17.4. The Morgan fingerprint density at radius 3 is 2.45 bits per heavy atom. The summed E-state index contributed by atoms with van der Waals surface area (Å²) in [6.45, 7) is 6.35. The van der Waals surface area contributed by atoms with Gasteiger partial charge in [0, 0.05) is 75.8 Å². The molecule has 0 aromatic heterocycles. The van der Waals surface area contributed by atoms with Crippen molar-refractivity contribution in [2.24, 2.45) is 0 Å². The van der Waals surface area contributed by atoms with Crippen LogP contribution in [0.25, 0.3) is 0 Å². The summed E-state index contributed by atoms with van der Waals surface area (Å²) >= 11 is 0. The molecule has 16 nitrogen and oxygen atoms in total. The van der Waals surface area contributed by atoms with Crippen LogP contribution in [0.3, 0.4) is 0 Å². The van der Waals surface area contributed by atoms with E-state index in [1.54, 1.807) is 31.3 Å². The molecule has 0 radical (unpaired) electrons. The molecular weight excluding hydrogens is 706 g/mol. The lowest BCUT2D eigenvalue weighted by molar-refractivity contribution is -0.137. The molecule has 0 bridgehead atoms. The molecule has 6 rings (SSSR count). The third-order valence-corrected chi connectivity index (χ3v) is 10.3. The number of carbonyl (C=O) groups is 4. The Hall–Kier alpha value is -5.48. The van der Waals surface area contributed by atoms with Crippen LogP contribution in [0.1, 0.15) is 60.5 Å². The number of ether oxygens (including phenoxy) is 3. The molecule has 1 aliphatic carbocycles. The van der Waals surface area contributed by atoms with E-state index in [1.165, 1.54) is 4.90 Å². The van der Waals surface area contributed by atoms with E-state index >= 15 is 0 Å². The van der Waals surface area contributed by atoms with Crippen LogP contribution in [-0.2, 0) is 30.4 Å². The summed E-state index contributed by atoms with van der Waals surface area (Å²) in [4.78, 5) is 55.4. The van der Waals surface area contributed by atoms with Crippen molar-refractivity contribution < 1.29 is 33.4 Å². The average Bonchev–Trinajstić information content (AvgIpc) is 3.81. The number of anilines is 2. The predicted octanol–water partition coefficient (Wildman–Crippen LogP) is 2.09. The van der Waals surface area contributed by atoms with Gasteiger partial charge >= 0.3 is 0 Å². The Balaban J connectivity index is 0.853. The molecule has 0 spiro atoms. The van der Waals surface area contributed by atoms with Crippen molar-refractivity contribution in [3.8, 4) is 5.75 Å². The summed E-state index contributed by atoms with van der Waals surface area (Å²) in [5, 5.41) is 26.0. The molecule has 3 aliphatic heterocycles. The van der Waals surface area contributed by atoms with E-state index in [4.69, 9.17) is 30.8 Å². The zero-order valence-electron chi connectivity index (χ0n) is 31.5. The third-order valence-electron chi connectivity index (χ3n) is 10.3. The second kappa shape index (κ2) is 17.3. The van der Waals surface area contributed by atoms with Gasteiger partial charge in [-0.05, 0) is 56.0 Å². The number of imide groups is 1. The molecule has 55 heavy (non-hydrogen) atoms. The first-order chi connectivity index (χ1) is 26.5. The molecule has 3 heterocycles. The molecule has 4 amide bonds. The first-order valence-corrected chi connectivity index (χ1v) is 18.8. The van der Waals surface area contributed by atoms with Crippen molar-refractivity contribution in [2.45, 2.75) is 57.2 Å². The van der Waals surface area contributed by atoms with Crippen LogP contribution in [0, 0.1) is 10.8 Å². The lowest BCUT2D eigenvalue weighted by atomic mass is 10.0. The average molecular weight is 758 g/mol. The number of carbonyl (C=O) groups excluding carboxylic acids is 4. The number of fused-ring (bicyclic) bond motifs is 1. The quantitative estimate of drug-likeness (QED) is 0.0561. The van der Waals surface area contributed by atoms with Gasteiger partial charge in [0.15, 0.2) is 0 Å². The highest BCUT2D eigenvalue weighted by Gasteiger charge is 2.41. The predicted molar refractivity (Wildman–Crippen MR) is 206 cm³/mol. The van der Waals surface area contributed by atoms with Gasteiger partial charge in [-0.2, -0.15) is 0 Å². The minimum Gasteiger partial charge on any atom is -0.488 e. The number of piperidine rings is 1. The number of piperazine rings is 1. The number of allylic oxidation sites excluding steroid dienone is 1.